The number of carbonyl (C=O) groups excluding carboxylic acids is 1. The summed E-state index contributed by atoms with van der Waals surface area (Å²) in [5, 5.41) is 12.7. The van der Waals surface area contributed by atoms with Crippen LogP contribution in [0.4, 0.5) is 10.5 Å². The number of halogens is 1. The third kappa shape index (κ3) is 11.0. The summed E-state index contributed by atoms with van der Waals surface area (Å²) in [5.41, 5.74) is 1.49. The highest BCUT2D eigenvalue weighted by atomic mass is 35.5. The van der Waals surface area contributed by atoms with Crippen molar-refractivity contribution < 1.29 is 28.9 Å². The van der Waals surface area contributed by atoms with Crippen LogP contribution in [0.1, 0.15) is 32.3 Å². The number of benzene rings is 2. The van der Waals surface area contributed by atoms with Gasteiger partial charge in [0.05, 0.1) is 13.2 Å². The molecule has 35 heavy (non-hydrogen) atoms. The molecule has 2 amide bonds. The number of unbranched alkanes of at least 4 members (excludes halogenated alkanes) is 1. The van der Waals surface area contributed by atoms with Crippen LogP contribution >= 0.6 is 11.6 Å². The van der Waals surface area contributed by atoms with Crippen LogP contribution in [0.25, 0.3) is 0 Å². The van der Waals surface area contributed by atoms with E-state index in [-0.39, 0.29) is 12.5 Å². The summed E-state index contributed by atoms with van der Waals surface area (Å²) in [7, 11) is 0. The molecular formula is C26H35ClN2O6. The highest BCUT2D eigenvalue weighted by molar-refractivity contribution is 6.30. The fourth-order valence-electron chi connectivity index (χ4n) is 3.20. The molecule has 0 heterocycles. The molecule has 0 aliphatic rings. The zero-order chi connectivity index (χ0) is 25.5. The van der Waals surface area contributed by atoms with E-state index >= 15 is 0 Å². The van der Waals surface area contributed by atoms with Crippen LogP contribution in [-0.4, -0.2) is 67.6 Å². The van der Waals surface area contributed by atoms with Crippen molar-refractivity contribution in [2.24, 2.45) is 0 Å². The number of ether oxygens (including phenoxy) is 3. The topological polar surface area (TPSA) is 97.3 Å². The third-order valence-corrected chi connectivity index (χ3v) is 5.40. The van der Waals surface area contributed by atoms with Gasteiger partial charge in [-0.1, -0.05) is 37.1 Å². The molecule has 1 atom stereocenters. The second-order valence-electron chi connectivity index (χ2n) is 7.87. The first-order valence-electron chi connectivity index (χ1n) is 11.9. The highest BCUT2D eigenvalue weighted by Crippen LogP contribution is 2.16. The van der Waals surface area contributed by atoms with Gasteiger partial charge in [0.2, 0.25) is 0 Å². The molecule has 0 aliphatic carbocycles. The summed E-state index contributed by atoms with van der Waals surface area (Å²) in [5.74, 6) is -0.350. The summed E-state index contributed by atoms with van der Waals surface area (Å²) >= 11 is 5.92. The molecule has 192 valence electrons. The van der Waals surface area contributed by atoms with Crippen molar-refractivity contribution in [2.45, 2.75) is 39.2 Å². The lowest BCUT2D eigenvalue weighted by atomic mass is 10.1. The van der Waals surface area contributed by atoms with Crippen LogP contribution in [0.15, 0.2) is 48.5 Å². The molecule has 0 fully saturated rings. The second kappa shape index (κ2) is 16.0. The van der Waals surface area contributed by atoms with Crippen molar-refractivity contribution in [1.29, 1.82) is 0 Å². The number of hydrogen-bond acceptors (Lipinski definition) is 5. The number of rotatable bonds is 16. The molecule has 2 aromatic rings. The van der Waals surface area contributed by atoms with Crippen molar-refractivity contribution in [1.82, 2.24) is 4.90 Å². The quantitative estimate of drug-likeness (QED) is 0.307. The molecule has 0 aromatic heterocycles. The smallest absolute Gasteiger partial charge is 0.333 e. The molecule has 0 saturated carbocycles. The first kappa shape index (κ1) is 28.4. The molecular weight excluding hydrogens is 472 g/mol. The summed E-state index contributed by atoms with van der Waals surface area (Å²) in [6.45, 7) is 6.39. The zero-order valence-electron chi connectivity index (χ0n) is 20.4. The van der Waals surface area contributed by atoms with Gasteiger partial charge in [-0.15, -0.1) is 0 Å². The van der Waals surface area contributed by atoms with Crippen LogP contribution in [0.5, 0.6) is 5.75 Å². The number of carboxylic acid groups (broad SMARTS) is 1. The minimum Gasteiger partial charge on any atom is -0.492 e. The second-order valence-corrected chi connectivity index (χ2v) is 8.31. The van der Waals surface area contributed by atoms with Gasteiger partial charge in [-0.2, -0.15) is 0 Å². The average molecular weight is 507 g/mol. The number of hydrogen-bond donors (Lipinski definition) is 2. The summed E-state index contributed by atoms with van der Waals surface area (Å²) in [6, 6.07) is 13.9. The standard InChI is InChI=1S/C26H35ClN2O6/c1-3-5-16-33-17-14-29(26(32)28-22-10-8-21(27)9-11-22)15-18-35-23-12-6-20(7-13-23)19-24(25(30)31)34-4-2/h6-13,24H,3-5,14-19H2,1-2H3,(H,28,32)(H,30,31). The van der Waals surface area contributed by atoms with Crippen LogP contribution in [0, 0.1) is 0 Å². The van der Waals surface area contributed by atoms with Crippen molar-refractivity contribution in [3.63, 3.8) is 0 Å². The van der Waals surface area contributed by atoms with Crippen LogP contribution in [0.2, 0.25) is 5.02 Å². The van der Waals surface area contributed by atoms with E-state index in [1.54, 1.807) is 48.2 Å². The molecule has 0 bridgehead atoms. The maximum Gasteiger partial charge on any atom is 0.333 e. The molecule has 9 heteroatoms. The maximum absolute atomic E-state index is 12.8. The highest BCUT2D eigenvalue weighted by Gasteiger charge is 2.18. The van der Waals surface area contributed by atoms with E-state index in [1.807, 2.05) is 12.1 Å². The Labute approximate surface area is 212 Å². The molecule has 2 rings (SSSR count). The molecule has 1 unspecified atom stereocenters. The Morgan fingerprint density at radius 2 is 1.69 bits per heavy atom. The van der Waals surface area contributed by atoms with E-state index in [0.29, 0.717) is 56.0 Å². The van der Waals surface area contributed by atoms with Gasteiger partial charge in [-0.05, 0) is 55.3 Å². The van der Waals surface area contributed by atoms with E-state index in [9.17, 15) is 14.7 Å². The monoisotopic (exact) mass is 506 g/mol. The lowest BCUT2D eigenvalue weighted by Crippen LogP contribution is -2.40. The molecule has 0 aliphatic heterocycles. The minimum atomic E-state index is -0.984. The van der Waals surface area contributed by atoms with Gasteiger partial charge in [-0.3, -0.25) is 0 Å². The number of urea groups is 1. The first-order valence-corrected chi connectivity index (χ1v) is 12.3. The van der Waals surface area contributed by atoms with Crippen molar-refractivity contribution in [3.8, 4) is 5.75 Å². The van der Waals surface area contributed by atoms with E-state index in [0.717, 1.165) is 18.4 Å². The lowest BCUT2D eigenvalue weighted by molar-refractivity contribution is -0.149. The number of nitrogens with zero attached hydrogens (tertiary/aromatic N) is 1. The first-order chi connectivity index (χ1) is 16.9. The molecule has 2 aromatic carbocycles. The molecule has 2 N–H and O–H groups in total. The van der Waals surface area contributed by atoms with Gasteiger partial charge >= 0.3 is 12.0 Å². The van der Waals surface area contributed by atoms with Crippen LogP contribution < -0.4 is 10.1 Å². The fraction of sp³-hybridized carbons (Fsp3) is 0.462. The Kier molecular flexibility index (Phi) is 13.0. The fourth-order valence-corrected chi connectivity index (χ4v) is 3.33. The normalized spacial score (nSPS) is 11.6. The maximum atomic E-state index is 12.8. The van der Waals surface area contributed by atoms with Crippen LogP contribution in [0.3, 0.4) is 0 Å². The Morgan fingerprint density at radius 3 is 2.31 bits per heavy atom. The van der Waals surface area contributed by atoms with E-state index in [2.05, 4.69) is 12.2 Å². The van der Waals surface area contributed by atoms with Crippen molar-refractivity contribution in [3.05, 3.63) is 59.1 Å². The zero-order valence-corrected chi connectivity index (χ0v) is 21.1. The molecule has 0 saturated heterocycles. The van der Waals surface area contributed by atoms with E-state index < -0.39 is 12.1 Å². The molecule has 8 nitrogen and oxygen atoms in total. The molecule has 0 spiro atoms. The van der Waals surface area contributed by atoms with Crippen molar-refractivity contribution in [2.75, 3.05) is 44.8 Å². The number of amides is 2. The minimum absolute atomic E-state index is 0.249. The predicted molar refractivity (Wildman–Crippen MR) is 136 cm³/mol. The number of aliphatic carboxylic acids is 1. The Morgan fingerprint density at radius 1 is 1.00 bits per heavy atom. The van der Waals surface area contributed by atoms with Crippen LogP contribution in [-0.2, 0) is 20.7 Å². The third-order valence-electron chi connectivity index (χ3n) is 5.15. The summed E-state index contributed by atoms with van der Waals surface area (Å²) < 4.78 is 16.7. The van der Waals surface area contributed by atoms with E-state index in [4.69, 9.17) is 25.8 Å². The van der Waals surface area contributed by atoms with Gasteiger partial charge in [0, 0.05) is 36.9 Å². The van der Waals surface area contributed by atoms with E-state index in [1.165, 1.54) is 0 Å². The number of anilines is 1. The predicted octanol–water partition coefficient (Wildman–Crippen LogP) is 5.10. The molecule has 0 radical (unpaired) electrons. The number of carbonyl (C=O) groups is 2. The Bertz CT molecular complexity index is 892. The Balaban J connectivity index is 1.89. The lowest BCUT2D eigenvalue weighted by Gasteiger charge is -2.23. The summed E-state index contributed by atoms with van der Waals surface area (Å²) in [4.78, 5) is 25.7. The van der Waals surface area contributed by atoms with Gasteiger partial charge in [0.15, 0.2) is 6.10 Å². The summed E-state index contributed by atoms with van der Waals surface area (Å²) in [6.07, 6.45) is 1.43. The van der Waals surface area contributed by atoms with Gasteiger partial charge < -0.3 is 29.5 Å². The van der Waals surface area contributed by atoms with Gasteiger partial charge in [-0.25, -0.2) is 9.59 Å². The largest absolute Gasteiger partial charge is 0.492 e. The SMILES string of the molecule is CCCCOCCN(CCOc1ccc(CC(OCC)C(=O)O)cc1)C(=O)Nc1ccc(Cl)cc1. The number of nitrogens with one attached hydrogen (secondary N) is 1. The number of carboxylic acids is 1. The average Bonchev–Trinajstić information content (AvgIpc) is 2.84. The Hall–Kier alpha value is -2.81. The van der Waals surface area contributed by atoms with Gasteiger partial charge in [0.25, 0.3) is 0 Å². The van der Waals surface area contributed by atoms with Crippen molar-refractivity contribution >= 4 is 29.3 Å². The van der Waals surface area contributed by atoms with Gasteiger partial charge in [0.1, 0.15) is 12.4 Å².